The van der Waals surface area contributed by atoms with Crippen molar-refractivity contribution >= 4 is 40.2 Å². The molecule has 4 aromatic rings. The van der Waals surface area contributed by atoms with Gasteiger partial charge in [-0.3, -0.25) is 19.0 Å². The molecule has 4 rings (SSSR count). The van der Waals surface area contributed by atoms with Crippen LogP contribution in [-0.4, -0.2) is 47.4 Å². The second-order valence-electron chi connectivity index (χ2n) is 9.36. The first-order valence-corrected chi connectivity index (χ1v) is 13.7. The van der Waals surface area contributed by atoms with Crippen molar-refractivity contribution in [2.45, 2.75) is 31.5 Å². The highest BCUT2D eigenvalue weighted by atomic mass is 32.2. The molecular formula is C30H32N4O4S. The molecule has 0 atom stereocenters. The first-order chi connectivity index (χ1) is 18.9. The van der Waals surface area contributed by atoms with Gasteiger partial charge in [-0.05, 0) is 53.4 Å². The van der Waals surface area contributed by atoms with Gasteiger partial charge in [0.15, 0.2) is 5.16 Å². The van der Waals surface area contributed by atoms with Crippen molar-refractivity contribution in [1.82, 2.24) is 14.9 Å². The summed E-state index contributed by atoms with van der Waals surface area (Å²) in [7, 11) is 1.58. The summed E-state index contributed by atoms with van der Waals surface area (Å²) in [6.07, 6.45) is 0. The normalized spacial score (nSPS) is 11.1. The lowest BCUT2D eigenvalue weighted by Crippen LogP contribution is -2.27. The first kappa shape index (κ1) is 28.1. The van der Waals surface area contributed by atoms with Crippen LogP contribution in [0.25, 0.3) is 10.9 Å². The van der Waals surface area contributed by atoms with Crippen LogP contribution in [0.1, 0.15) is 41.3 Å². The topological polar surface area (TPSA) is 102 Å². The molecule has 3 aromatic carbocycles. The quantitative estimate of drug-likeness (QED) is 0.162. The number of para-hydroxylation sites is 1. The Morgan fingerprint density at radius 2 is 1.72 bits per heavy atom. The summed E-state index contributed by atoms with van der Waals surface area (Å²) in [5.74, 6) is 0.131. The van der Waals surface area contributed by atoms with Crippen LogP contribution in [0.5, 0.6) is 0 Å². The molecule has 0 saturated carbocycles. The zero-order valence-electron chi connectivity index (χ0n) is 22.3. The number of amides is 2. The molecule has 0 bridgehead atoms. The van der Waals surface area contributed by atoms with Crippen molar-refractivity contribution in [2.24, 2.45) is 0 Å². The number of nitrogens with one attached hydrogen (secondary N) is 2. The summed E-state index contributed by atoms with van der Waals surface area (Å²) in [5, 5.41) is 6.66. The number of thioether (sulfide) groups is 1. The van der Waals surface area contributed by atoms with E-state index in [9.17, 15) is 14.4 Å². The molecule has 9 heteroatoms. The molecule has 39 heavy (non-hydrogen) atoms. The van der Waals surface area contributed by atoms with Gasteiger partial charge >= 0.3 is 0 Å². The Labute approximate surface area is 231 Å². The van der Waals surface area contributed by atoms with Crippen LogP contribution >= 0.6 is 11.8 Å². The fourth-order valence-electron chi connectivity index (χ4n) is 3.99. The smallest absolute Gasteiger partial charge is 0.262 e. The zero-order valence-corrected chi connectivity index (χ0v) is 23.1. The van der Waals surface area contributed by atoms with E-state index in [1.807, 2.05) is 42.5 Å². The second kappa shape index (κ2) is 13.2. The van der Waals surface area contributed by atoms with Crippen molar-refractivity contribution in [2.75, 3.05) is 31.3 Å². The van der Waals surface area contributed by atoms with Crippen LogP contribution in [0.2, 0.25) is 0 Å². The Bertz CT molecular complexity index is 1500. The molecule has 0 unspecified atom stereocenters. The number of benzene rings is 3. The highest BCUT2D eigenvalue weighted by molar-refractivity contribution is 7.99. The number of anilines is 1. The minimum absolute atomic E-state index is 0.0945. The fourth-order valence-corrected chi connectivity index (χ4v) is 4.79. The predicted octanol–water partition coefficient (Wildman–Crippen LogP) is 4.68. The van der Waals surface area contributed by atoms with Crippen LogP contribution in [-0.2, 0) is 16.1 Å². The molecule has 0 spiro atoms. The maximum Gasteiger partial charge on any atom is 0.262 e. The zero-order chi connectivity index (χ0) is 27.8. The van der Waals surface area contributed by atoms with Gasteiger partial charge in [0.1, 0.15) is 0 Å². The largest absolute Gasteiger partial charge is 0.383 e. The summed E-state index contributed by atoms with van der Waals surface area (Å²) >= 11 is 1.21. The molecule has 0 aliphatic heterocycles. The maximum atomic E-state index is 13.4. The number of hydrogen-bond donors (Lipinski definition) is 2. The van der Waals surface area contributed by atoms with Gasteiger partial charge in [-0.15, -0.1) is 0 Å². The highest BCUT2D eigenvalue weighted by Crippen LogP contribution is 2.21. The Kier molecular flexibility index (Phi) is 9.51. The average molecular weight is 545 g/mol. The maximum absolute atomic E-state index is 13.4. The lowest BCUT2D eigenvalue weighted by atomic mass is 10.0. The van der Waals surface area contributed by atoms with Crippen LogP contribution in [0.15, 0.2) is 82.7 Å². The number of methoxy groups -OCH3 is 1. The summed E-state index contributed by atoms with van der Waals surface area (Å²) in [6.45, 7) is 5.35. The number of fused-ring (bicyclic) bond motifs is 1. The van der Waals surface area contributed by atoms with Gasteiger partial charge in [-0.1, -0.05) is 62.0 Å². The van der Waals surface area contributed by atoms with E-state index in [4.69, 9.17) is 9.72 Å². The van der Waals surface area contributed by atoms with Crippen molar-refractivity contribution in [3.63, 3.8) is 0 Å². The van der Waals surface area contributed by atoms with E-state index in [1.54, 1.807) is 42.0 Å². The average Bonchev–Trinajstić information content (AvgIpc) is 2.94. The summed E-state index contributed by atoms with van der Waals surface area (Å²) < 4.78 is 6.54. The monoisotopic (exact) mass is 544 g/mol. The third-order valence-electron chi connectivity index (χ3n) is 6.17. The van der Waals surface area contributed by atoms with Crippen LogP contribution < -0.4 is 16.2 Å². The van der Waals surface area contributed by atoms with Crippen LogP contribution in [0.4, 0.5) is 5.69 Å². The fraction of sp³-hybridized carbons (Fsp3) is 0.267. The predicted molar refractivity (Wildman–Crippen MR) is 156 cm³/mol. The van der Waals surface area contributed by atoms with Crippen LogP contribution in [0.3, 0.4) is 0 Å². The SMILES string of the molecule is COCCNC(=O)c1ccc(Cn2c(SCC(=O)Nc3ccc(C(C)C)cc3)nc3ccccc3c2=O)cc1. The van der Waals surface area contributed by atoms with E-state index >= 15 is 0 Å². The van der Waals surface area contributed by atoms with Crippen LogP contribution in [0, 0.1) is 0 Å². The molecule has 8 nitrogen and oxygen atoms in total. The number of rotatable bonds is 11. The van der Waals surface area contributed by atoms with E-state index in [-0.39, 0.29) is 29.7 Å². The lowest BCUT2D eigenvalue weighted by Gasteiger charge is -2.14. The summed E-state index contributed by atoms with van der Waals surface area (Å²) in [5.41, 5.74) is 3.67. The molecule has 0 saturated heterocycles. The number of carbonyl (C=O) groups is 2. The number of hydrogen-bond acceptors (Lipinski definition) is 6. The van der Waals surface area contributed by atoms with Gasteiger partial charge in [-0.2, -0.15) is 0 Å². The second-order valence-corrected chi connectivity index (χ2v) is 10.3. The van der Waals surface area contributed by atoms with Gasteiger partial charge in [0.25, 0.3) is 11.5 Å². The van der Waals surface area contributed by atoms with E-state index in [0.29, 0.717) is 40.7 Å². The lowest BCUT2D eigenvalue weighted by molar-refractivity contribution is -0.113. The molecule has 0 fully saturated rings. The standard InChI is InChI=1S/C30H32N4O4S/c1-20(2)22-12-14-24(15-13-22)32-27(35)19-39-30-33-26-7-5-4-6-25(26)29(37)34(30)18-21-8-10-23(11-9-21)28(36)31-16-17-38-3/h4-15,20H,16-19H2,1-3H3,(H,31,36)(H,32,35). The van der Waals surface area contributed by atoms with Crippen molar-refractivity contribution in [3.8, 4) is 0 Å². The number of aromatic nitrogens is 2. The highest BCUT2D eigenvalue weighted by Gasteiger charge is 2.15. The minimum atomic E-state index is -0.191. The van der Waals surface area contributed by atoms with Crippen molar-refractivity contribution < 1.29 is 14.3 Å². The Balaban J connectivity index is 1.51. The van der Waals surface area contributed by atoms with Gasteiger partial charge < -0.3 is 15.4 Å². The molecule has 2 amide bonds. The Hall–Kier alpha value is -3.95. The molecule has 0 aliphatic rings. The molecule has 202 valence electrons. The van der Waals surface area contributed by atoms with Gasteiger partial charge in [0.2, 0.25) is 5.91 Å². The summed E-state index contributed by atoms with van der Waals surface area (Å²) in [4.78, 5) is 43.2. The number of carbonyl (C=O) groups excluding carboxylic acids is 2. The van der Waals surface area contributed by atoms with E-state index in [1.165, 1.54) is 17.3 Å². The molecule has 1 aromatic heterocycles. The molecular weight excluding hydrogens is 512 g/mol. The molecule has 2 N–H and O–H groups in total. The van der Waals surface area contributed by atoms with Gasteiger partial charge in [-0.25, -0.2) is 4.98 Å². The first-order valence-electron chi connectivity index (χ1n) is 12.7. The third kappa shape index (κ3) is 7.34. The summed E-state index contributed by atoms with van der Waals surface area (Å²) in [6, 6.07) is 22.0. The van der Waals surface area contributed by atoms with E-state index < -0.39 is 0 Å². The van der Waals surface area contributed by atoms with Gasteiger partial charge in [0, 0.05) is 24.9 Å². The molecule has 0 radical (unpaired) electrons. The van der Waals surface area contributed by atoms with Crippen molar-refractivity contribution in [3.05, 3.63) is 99.8 Å². The molecule has 1 heterocycles. The van der Waals surface area contributed by atoms with Crippen molar-refractivity contribution in [1.29, 1.82) is 0 Å². The minimum Gasteiger partial charge on any atom is -0.383 e. The number of ether oxygens (including phenoxy) is 1. The Morgan fingerprint density at radius 3 is 2.41 bits per heavy atom. The van der Waals surface area contributed by atoms with E-state index in [2.05, 4.69) is 24.5 Å². The number of nitrogens with zero attached hydrogens (tertiary/aromatic N) is 2. The van der Waals surface area contributed by atoms with E-state index in [0.717, 1.165) is 11.3 Å². The Morgan fingerprint density at radius 1 is 1.00 bits per heavy atom. The van der Waals surface area contributed by atoms with Gasteiger partial charge in [0.05, 0.1) is 29.8 Å². The third-order valence-corrected chi connectivity index (χ3v) is 7.15. The molecule has 0 aliphatic carbocycles.